The zero-order chi connectivity index (χ0) is 17.2. The van der Waals surface area contributed by atoms with Gasteiger partial charge in [-0.1, -0.05) is 60.7 Å². The quantitative estimate of drug-likeness (QED) is 0.558. The zero-order valence-corrected chi connectivity index (χ0v) is 13.4. The fourth-order valence-corrected chi connectivity index (χ4v) is 3.08. The van der Waals surface area contributed by atoms with E-state index in [1.54, 1.807) is 18.3 Å². The Morgan fingerprint density at radius 2 is 1.56 bits per heavy atom. The third-order valence-electron chi connectivity index (χ3n) is 4.31. The summed E-state index contributed by atoms with van der Waals surface area (Å²) in [5.74, 6) is -0.162. The number of pyridine rings is 1. The summed E-state index contributed by atoms with van der Waals surface area (Å²) < 4.78 is 0. The van der Waals surface area contributed by atoms with E-state index in [0.29, 0.717) is 22.9 Å². The number of H-pyrrole nitrogens is 1. The van der Waals surface area contributed by atoms with Gasteiger partial charge in [0.1, 0.15) is 0 Å². The number of aromatic nitrogens is 1. The maximum Gasteiger partial charge on any atom is 0.258 e. The molecule has 0 unspecified atom stereocenters. The Labute approximate surface area is 144 Å². The molecule has 0 aliphatic rings. The van der Waals surface area contributed by atoms with E-state index in [9.17, 15) is 9.90 Å². The highest BCUT2D eigenvalue weighted by Crippen LogP contribution is 2.22. The monoisotopic (exact) mass is 328 g/mol. The number of fused-ring (bicyclic) bond motifs is 2. The Bertz CT molecular complexity index is 1150. The highest BCUT2D eigenvalue weighted by atomic mass is 16.3. The lowest BCUT2D eigenvalue weighted by Gasteiger charge is -2.05. The Kier molecular flexibility index (Phi) is 3.78. The molecule has 0 saturated heterocycles. The molecule has 0 amide bonds. The molecular weight excluding hydrogens is 312 g/mol. The highest BCUT2D eigenvalue weighted by Gasteiger charge is 2.08. The van der Waals surface area contributed by atoms with Crippen molar-refractivity contribution in [2.75, 3.05) is 0 Å². The van der Waals surface area contributed by atoms with Gasteiger partial charge in [0.15, 0.2) is 0 Å². The number of rotatable bonds is 3. The molecule has 0 spiro atoms. The van der Waals surface area contributed by atoms with Gasteiger partial charge in [0.2, 0.25) is 5.88 Å². The van der Waals surface area contributed by atoms with Gasteiger partial charge in [-0.05, 0) is 22.4 Å². The predicted octanol–water partition coefficient (Wildman–Crippen LogP) is 4.01. The van der Waals surface area contributed by atoms with Gasteiger partial charge in [-0.15, -0.1) is 0 Å². The first-order chi connectivity index (χ1) is 12.2. The van der Waals surface area contributed by atoms with Crippen LogP contribution in [0.4, 0.5) is 0 Å². The zero-order valence-electron chi connectivity index (χ0n) is 13.4. The van der Waals surface area contributed by atoms with Gasteiger partial charge in [0.05, 0.1) is 12.1 Å². The fourth-order valence-electron chi connectivity index (χ4n) is 3.08. The summed E-state index contributed by atoms with van der Waals surface area (Å²) in [5.41, 5.74) is 1.33. The van der Waals surface area contributed by atoms with Gasteiger partial charge in [0, 0.05) is 17.0 Å². The Morgan fingerprint density at radius 1 is 0.880 bits per heavy atom. The number of nitrogens with zero attached hydrogens (tertiary/aromatic N) is 1. The largest absolute Gasteiger partial charge is 0.494 e. The molecule has 1 heterocycles. The number of aliphatic imine (C=N–C) groups is 1. The van der Waals surface area contributed by atoms with Crippen LogP contribution in [0.5, 0.6) is 5.88 Å². The normalized spacial score (nSPS) is 11.5. The summed E-state index contributed by atoms with van der Waals surface area (Å²) in [6.45, 7) is 0.494. The van der Waals surface area contributed by atoms with E-state index < -0.39 is 0 Å². The molecule has 0 radical (unpaired) electrons. The van der Waals surface area contributed by atoms with E-state index in [1.165, 1.54) is 5.39 Å². The molecule has 4 heteroatoms. The van der Waals surface area contributed by atoms with Crippen LogP contribution in [0.3, 0.4) is 0 Å². The Hall–Kier alpha value is -3.40. The van der Waals surface area contributed by atoms with Crippen LogP contribution in [0.1, 0.15) is 11.1 Å². The van der Waals surface area contributed by atoms with Crippen LogP contribution in [0, 0.1) is 0 Å². The molecule has 4 nitrogen and oxygen atoms in total. The smallest absolute Gasteiger partial charge is 0.258 e. The second-order valence-corrected chi connectivity index (χ2v) is 5.87. The standard InChI is InChI=1S/C21H16N2O2/c24-20-18-11-4-3-10-17(18)19(21(25)23-20)13-22-12-15-8-5-7-14-6-1-2-9-16(14)15/h1-11,13H,12H2,(H2,23,24,25). The molecule has 25 heavy (non-hydrogen) atoms. The van der Waals surface area contributed by atoms with Crippen LogP contribution in [-0.4, -0.2) is 16.3 Å². The molecule has 0 atom stereocenters. The topological polar surface area (TPSA) is 65.5 Å². The van der Waals surface area contributed by atoms with Gasteiger partial charge >= 0.3 is 0 Å². The molecule has 0 aliphatic heterocycles. The number of aromatic hydroxyl groups is 1. The van der Waals surface area contributed by atoms with Crippen molar-refractivity contribution in [3.63, 3.8) is 0 Å². The number of aromatic amines is 1. The van der Waals surface area contributed by atoms with Gasteiger partial charge in [0.25, 0.3) is 5.56 Å². The van der Waals surface area contributed by atoms with E-state index in [1.807, 2.05) is 36.4 Å². The van der Waals surface area contributed by atoms with Crippen molar-refractivity contribution in [2.24, 2.45) is 4.99 Å². The second kappa shape index (κ2) is 6.24. The Morgan fingerprint density at radius 3 is 2.40 bits per heavy atom. The average Bonchev–Trinajstić information content (AvgIpc) is 2.64. The molecule has 2 N–H and O–H groups in total. The van der Waals surface area contributed by atoms with Crippen molar-refractivity contribution in [1.29, 1.82) is 0 Å². The van der Waals surface area contributed by atoms with Crippen LogP contribution in [-0.2, 0) is 6.54 Å². The molecule has 4 rings (SSSR count). The van der Waals surface area contributed by atoms with Gasteiger partial charge in [-0.3, -0.25) is 14.8 Å². The number of nitrogens with one attached hydrogen (secondary N) is 1. The molecule has 0 saturated carbocycles. The lowest BCUT2D eigenvalue weighted by molar-refractivity contribution is 0.452. The summed E-state index contributed by atoms with van der Waals surface area (Å²) >= 11 is 0. The third kappa shape index (κ3) is 2.78. The van der Waals surface area contributed by atoms with Crippen LogP contribution < -0.4 is 5.56 Å². The first kappa shape index (κ1) is 15.1. The average molecular weight is 328 g/mol. The summed E-state index contributed by atoms with van der Waals surface area (Å²) in [7, 11) is 0. The number of benzene rings is 3. The minimum atomic E-state index is -0.306. The maximum atomic E-state index is 11.9. The summed E-state index contributed by atoms with van der Waals surface area (Å²) in [5, 5.41) is 13.7. The molecule has 122 valence electrons. The Balaban J connectivity index is 1.73. The highest BCUT2D eigenvalue weighted by molar-refractivity contribution is 6.01. The first-order valence-corrected chi connectivity index (χ1v) is 8.04. The van der Waals surface area contributed by atoms with Crippen LogP contribution in [0.15, 0.2) is 76.5 Å². The predicted molar refractivity (Wildman–Crippen MR) is 101 cm³/mol. The molecular formula is C21H16N2O2. The molecule has 0 bridgehead atoms. The van der Waals surface area contributed by atoms with Crippen molar-refractivity contribution < 1.29 is 5.11 Å². The van der Waals surface area contributed by atoms with Crippen LogP contribution in [0.25, 0.3) is 21.5 Å². The first-order valence-electron chi connectivity index (χ1n) is 8.04. The van der Waals surface area contributed by atoms with E-state index in [-0.39, 0.29) is 11.4 Å². The van der Waals surface area contributed by atoms with E-state index in [2.05, 4.69) is 28.2 Å². The summed E-state index contributed by atoms with van der Waals surface area (Å²) in [6, 6.07) is 21.5. The number of hydrogen-bond donors (Lipinski definition) is 2. The molecule has 4 aromatic rings. The molecule has 3 aromatic carbocycles. The SMILES string of the molecule is O=c1[nH]c(O)c(C=NCc2cccc3ccccc23)c2ccccc12. The van der Waals surface area contributed by atoms with Crippen molar-refractivity contribution in [3.05, 3.63) is 88.2 Å². The summed E-state index contributed by atoms with van der Waals surface area (Å²) in [6.07, 6.45) is 1.62. The van der Waals surface area contributed by atoms with E-state index in [4.69, 9.17) is 0 Å². The van der Waals surface area contributed by atoms with Crippen molar-refractivity contribution in [2.45, 2.75) is 6.54 Å². The van der Waals surface area contributed by atoms with Gasteiger partial charge in [-0.2, -0.15) is 0 Å². The van der Waals surface area contributed by atoms with Crippen molar-refractivity contribution >= 4 is 27.8 Å². The van der Waals surface area contributed by atoms with Gasteiger partial charge < -0.3 is 5.11 Å². The molecule has 0 fully saturated rings. The maximum absolute atomic E-state index is 11.9. The van der Waals surface area contributed by atoms with Crippen LogP contribution in [0.2, 0.25) is 0 Å². The summed E-state index contributed by atoms with van der Waals surface area (Å²) in [4.78, 5) is 18.9. The molecule has 0 aliphatic carbocycles. The molecule has 1 aromatic heterocycles. The van der Waals surface area contributed by atoms with Crippen molar-refractivity contribution in [1.82, 2.24) is 4.98 Å². The minimum Gasteiger partial charge on any atom is -0.494 e. The van der Waals surface area contributed by atoms with Crippen molar-refractivity contribution in [3.8, 4) is 5.88 Å². The van der Waals surface area contributed by atoms with E-state index in [0.717, 1.165) is 10.9 Å². The van der Waals surface area contributed by atoms with Gasteiger partial charge in [-0.25, -0.2) is 0 Å². The number of hydrogen-bond acceptors (Lipinski definition) is 3. The van der Waals surface area contributed by atoms with E-state index >= 15 is 0 Å². The van der Waals surface area contributed by atoms with Crippen LogP contribution >= 0.6 is 0 Å². The third-order valence-corrected chi connectivity index (χ3v) is 4.31. The lowest BCUT2D eigenvalue weighted by atomic mass is 10.0. The fraction of sp³-hybridized carbons (Fsp3) is 0.0476. The second-order valence-electron chi connectivity index (χ2n) is 5.87. The minimum absolute atomic E-state index is 0.162. The lowest BCUT2D eigenvalue weighted by Crippen LogP contribution is -2.07.